The average Bonchev–Trinajstić information content (AvgIpc) is 3.21. The van der Waals surface area contributed by atoms with E-state index in [2.05, 4.69) is 101 Å². The molecular formula is C38H74O4SSi2. The summed E-state index contributed by atoms with van der Waals surface area (Å²) in [5, 5.41) is 9.40. The molecule has 4 atom stereocenters. The van der Waals surface area contributed by atoms with E-state index in [1.165, 1.54) is 43.4 Å². The molecule has 0 aromatic heterocycles. The van der Waals surface area contributed by atoms with E-state index in [0.717, 1.165) is 44.3 Å². The monoisotopic (exact) mass is 682 g/mol. The Morgan fingerprint density at radius 1 is 0.933 bits per heavy atom. The Bertz CT molecular complexity index is 929. The zero-order valence-corrected chi connectivity index (χ0v) is 34.8. The fourth-order valence-corrected chi connectivity index (χ4v) is 9.54. The molecule has 0 spiro atoms. The molecule has 0 saturated heterocycles. The molecule has 7 heteroatoms. The number of rotatable bonds is 22. The first-order chi connectivity index (χ1) is 20.8. The van der Waals surface area contributed by atoms with Gasteiger partial charge in [0.05, 0.1) is 12.2 Å². The predicted molar refractivity (Wildman–Crippen MR) is 204 cm³/mol. The zero-order valence-electron chi connectivity index (χ0n) is 31.9. The minimum absolute atomic E-state index is 0.123. The third-order valence-corrected chi connectivity index (χ3v) is 21.0. The van der Waals surface area contributed by atoms with Crippen LogP contribution in [0.15, 0.2) is 22.6 Å². The zero-order chi connectivity index (χ0) is 34.5. The molecule has 0 unspecified atom stereocenters. The van der Waals surface area contributed by atoms with Gasteiger partial charge in [0.1, 0.15) is 0 Å². The molecular weight excluding hydrogens is 609 g/mol. The van der Waals surface area contributed by atoms with Crippen LogP contribution in [0.1, 0.15) is 146 Å². The predicted octanol–water partition coefficient (Wildman–Crippen LogP) is 12.8. The van der Waals surface area contributed by atoms with Gasteiger partial charge in [0.25, 0.3) is 0 Å². The Morgan fingerprint density at radius 2 is 1.56 bits per heavy atom. The quantitative estimate of drug-likeness (QED) is 0.0699. The van der Waals surface area contributed by atoms with Gasteiger partial charge in [0.2, 0.25) is 0 Å². The van der Waals surface area contributed by atoms with Gasteiger partial charge in [0, 0.05) is 12.3 Å². The molecule has 0 aliphatic heterocycles. The first-order valence-corrected chi connectivity index (χ1v) is 25.2. The molecule has 0 bridgehead atoms. The Hall–Kier alpha value is -0.346. The fraction of sp³-hybridized carbons (Fsp3) is 0.868. The van der Waals surface area contributed by atoms with Crippen LogP contribution in [0.25, 0.3) is 0 Å². The smallest absolute Gasteiger partial charge is 0.303 e. The van der Waals surface area contributed by atoms with Crippen molar-refractivity contribution >= 4 is 34.4 Å². The third kappa shape index (κ3) is 15.2. The number of aliphatic carboxylic acids is 1. The second-order valence-electron chi connectivity index (χ2n) is 16.9. The first-order valence-electron chi connectivity index (χ1n) is 18.4. The van der Waals surface area contributed by atoms with Crippen LogP contribution in [0, 0.1) is 11.8 Å². The summed E-state index contributed by atoms with van der Waals surface area (Å²) < 4.78 is 14.4. The maximum absolute atomic E-state index is 11.0. The average molecular weight is 683 g/mol. The second kappa shape index (κ2) is 19.6. The van der Waals surface area contributed by atoms with Crippen molar-refractivity contribution in [1.82, 2.24) is 0 Å². The van der Waals surface area contributed by atoms with Gasteiger partial charge in [-0.3, -0.25) is 4.79 Å². The molecule has 0 aromatic rings. The third-order valence-electron chi connectivity index (χ3n) is 10.6. The molecule has 4 nitrogen and oxygen atoms in total. The molecule has 1 rings (SSSR count). The lowest BCUT2D eigenvalue weighted by Gasteiger charge is -2.40. The number of hydrogen-bond acceptors (Lipinski definition) is 4. The van der Waals surface area contributed by atoms with Gasteiger partial charge in [0.15, 0.2) is 16.6 Å². The van der Waals surface area contributed by atoms with Gasteiger partial charge >= 0.3 is 5.97 Å². The highest BCUT2D eigenvalue weighted by atomic mass is 32.2. The Labute approximate surface area is 286 Å². The number of thioether (sulfide) groups is 1. The molecule has 0 radical (unpaired) electrons. The largest absolute Gasteiger partial charge is 0.481 e. The van der Waals surface area contributed by atoms with Crippen LogP contribution >= 0.6 is 11.8 Å². The molecule has 1 aliphatic carbocycles. The molecule has 0 saturated carbocycles. The summed E-state index contributed by atoms with van der Waals surface area (Å²) in [6.07, 6.45) is 19.1. The van der Waals surface area contributed by atoms with Crippen LogP contribution in [0.3, 0.4) is 0 Å². The topological polar surface area (TPSA) is 55.8 Å². The normalized spacial score (nSPS) is 19.9. The molecule has 0 heterocycles. The van der Waals surface area contributed by atoms with Crippen LogP contribution in [0.4, 0.5) is 0 Å². The van der Waals surface area contributed by atoms with Gasteiger partial charge in [-0.15, -0.1) is 11.8 Å². The summed E-state index contributed by atoms with van der Waals surface area (Å²) in [6, 6.07) is 0. The molecule has 45 heavy (non-hydrogen) atoms. The molecule has 0 aromatic carbocycles. The molecule has 0 fully saturated rings. The highest BCUT2D eigenvalue weighted by molar-refractivity contribution is 8.03. The second-order valence-corrected chi connectivity index (χ2v) is 27.6. The lowest BCUT2D eigenvalue weighted by Crippen LogP contribution is -2.45. The number of carbonyl (C=O) groups is 1. The lowest BCUT2D eigenvalue weighted by atomic mass is 9.96. The van der Waals surface area contributed by atoms with Crippen molar-refractivity contribution in [3.8, 4) is 0 Å². The van der Waals surface area contributed by atoms with Crippen LogP contribution in [-0.4, -0.2) is 45.7 Å². The van der Waals surface area contributed by atoms with Gasteiger partial charge in [-0.05, 0) is 91.4 Å². The minimum Gasteiger partial charge on any atom is -0.481 e. The van der Waals surface area contributed by atoms with Crippen molar-refractivity contribution < 1.29 is 18.8 Å². The van der Waals surface area contributed by atoms with E-state index in [1.54, 1.807) is 5.57 Å². The SMILES string of the molecule is CCCCCC1=C(SCCCCCC(=O)O)[C@@H](C=C[C@H](C[C@H](C)CCCC)O[Si](C)(C)C(C)(C)C)[C@H](O[Si](C)(C)C(C)(C)C)C1. The van der Waals surface area contributed by atoms with Crippen molar-refractivity contribution in [2.24, 2.45) is 11.8 Å². The van der Waals surface area contributed by atoms with E-state index in [-0.39, 0.29) is 34.6 Å². The summed E-state index contributed by atoms with van der Waals surface area (Å²) in [7, 11) is -3.93. The van der Waals surface area contributed by atoms with Crippen LogP contribution < -0.4 is 0 Å². The van der Waals surface area contributed by atoms with E-state index in [0.29, 0.717) is 5.92 Å². The molecule has 1 N–H and O–H groups in total. The lowest BCUT2D eigenvalue weighted by molar-refractivity contribution is -0.137. The van der Waals surface area contributed by atoms with Crippen molar-refractivity contribution in [1.29, 1.82) is 0 Å². The van der Waals surface area contributed by atoms with Gasteiger partial charge in [-0.2, -0.15) is 0 Å². The Balaban J connectivity index is 3.47. The highest BCUT2D eigenvalue weighted by Crippen LogP contribution is 2.48. The van der Waals surface area contributed by atoms with E-state index in [4.69, 9.17) is 14.0 Å². The summed E-state index contributed by atoms with van der Waals surface area (Å²) >= 11 is 2.03. The maximum Gasteiger partial charge on any atom is 0.303 e. The summed E-state index contributed by atoms with van der Waals surface area (Å²) in [5.74, 6) is 1.25. The van der Waals surface area contributed by atoms with E-state index in [1.807, 2.05) is 11.8 Å². The molecule has 1 aliphatic rings. The number of hydrogen-bond donors (Lipinski definition) is 1. The maximum atomic E-state index is 11.0. The van der Waals surface area contributed by atoms with Gasteiger partial charge < -0.3 is 14.0 Å². The van der Waals surface area contributed by atoms with Gasteiger partial charge in [-0.1, -0.05) is 119 Å². The fourth-order valence-electron chi connectivity index (χ4n) is 5.54. The van der Waals surface area contributed by atoms with Crippen LogP contribution in [0.5, 0.6) is 0 Å². The van der Waals surface area contributed by atoms with Crippen LogP contribution in [0.2, 0.25) is 36.3 Å². The van der Waals surface area contributed by atoms with Crippen molar-refractivity contribution in [3.05, 3.63) is 22.6 Å². The van der Waals surface area contributed by atoms with E-state index >= 15 is 0 Å². The van der Waals surface area contributed by atoms with Crippen molar-refractivity contribution in [2.75, 3.05) is 5.75 Å². The van der Waals surface area contributed by atoms with E-state index in [9.17, 15) is 4.79 Å². The highest BCUT2D eigenvalue weighted by Gasteiger charge is 2.44. The van der Waals surface area contributed by atoms with Crippen LogP contribution in [-0.2, 0) is 13.6 Å². The van der Waals surface area contributed by atoms with Crippen molar-refractivity contribution in [3.63, 3.8) is 0 Å². The van der Waals surface area contributed by atoms with Gasteiger partial charge in [-0.25, -0.2) is 0 Å². The summed E-state index contributed by atoms with van der Waals surface area (Å²) in [4.78, 5) is 12.6. The van der Waals surface area contributed by atoms with E-state index < -0.39 is 22.6 Å². The number of unbranched alkanes of at least 4 members (excludes halogenated alkanes) is 5. The summed E-state index contributed by atoms with van der Waals surface area (Å²) in [6.45, 7) is 30.6. The minimum atomic E-state index is -1.98. The molecule has 0 amide bonds. The first kappa shape index (κ1) is 42.7. The number of carboxylic acid groups (broad SMARTS) is 1. The number of carboxylic acids is 1. The standard InChI is InChI=1S/C38H74O4SSi2/c1-14-16-19-23-31-29-34(42-45(12,13)38(7,8)9)33(36(31)43-27-21-18-20-24-35(39)40)26-25-32(28-30(3)22-17-15-2)41-44(10,11)37(4,5)6/h25-26,30,32-34H,14-24,27-29H2,1-13H3,(H,39,40)/t30-,32-,33+,34-/m1/s1. The van der Waals surface area contributed by atoms with Crippen molar-refractivity contribution in [2.45, 2.75) is 194 Å². The molecule has 264 valence electrons. The summed E-state index contributed by atoms with van der Waals surface area (Å²) in [5.41, 5.74) is 1.61. The Morgan fingerprint density at radius 3 is 2.11 bits per heavy atom. The Kier molecular flexibility index (Phi) is 18.6.